The molecule has 1 aromatic rings. The number of nitrogens with zero attached hydrogens (tertiary/aromatic N) is 4. The van der Waals surface area contributed by atoms with E-state index in [1.807, 2.05) is 11.0 Å². The summed E-state index contributed by atoms with van der Waals surface area (Å²) >= 11 is 6.25. The lowest BCUT2D eigenvalue weighted by molar-refractivity contribution is 0.0697. The van der Waals surface area contributed by atoms with Gasteiger partial charge in [0, 0.05) is 38.8 Å². The Morgan fingerprint density at radius 2 is 1.96 bits per heavy atom. The van der Waals surface area contributed by atoms with Crippen LogP contribution in [-0.4, -0.2) is 60.0 Å². The average Bonchev–Trinajstić information content (AvgIpc) is 3.32. The zero-order valence-electron chi connectivity index (χ0n) is 13.8. The molecule has 124 valence electrons. The lowest BCUT2D eigenvalue weighted by atomic mass is 10.1. The maximum atomic E-state index is 13.0. The molecule has 0 unspecified atom stereocenters. The number of anilines is 1. The first-order valence-corrected chi connectivity index (χ1v) is 8.86. The number of carbonyl (C=O) groups is 1. The van der Waals surface area contributed by atoms with Gasteiger partial charge in [-0.05, 0) is 44.4 Å². The molecule has 5 nitrogen and oxygen atoms in total. The van der Waals surface area contributed by atoms with Crippen molar-refractivity contribution in [3.63, 3.8) is 0 Å². The fourth-order valence-corrected chi connectivity index (χ4v) is 3.93. The van der Waals surface area contributed by atoms with Crippen molar-refractivity contribution in [3.8, 4) is 0 Å². The summed E-state index contributed by atoms with van der Waals surface area (Å²) < 4.78 is 0. The predicted molar refractivity (Wildman–Crippen MR) is 91.0 cm³/mol. The molecule has 1 saturated heterocycles. The molecule has 6 heteroatoms. The Bertz CT molecular complexity index is 638. The molecule has 0 aromatic carbocycles. The van der Waals surface area contributed by atoms with E-state index in [4.69, 9.17) is 11.6 Å². The Hall–Kier alpha value is -1.33. The predicted octanol–water partition coefficient (Wildman–Crippen LogP) is 2.24. The van der Waals surface area contributed by atoms with Crippen LogP contribution in [0.5, 0.6) is 0 Å². The van der Waals surface area contributed by atoms with Gasteiger partial charge in [0.25, 0.3) is 5.91 Å². The normalized spacial score (nSPS) is 23.3. The van der Waals surface area contributed by atoms with Crippen molar-refractivity contribution in [1.82, 2.24) is 14.8 Å². The van der Waals surface area contributed by atoms with E-state index < -0.39 is 0 Å². The van der Waals surface area contributed by atoms with Crippen LogP contribution >= 0.6 is 11.6 Å². The standard InChI is InChI=1S/C17H23ClN4O/c1-11(12-3-4-12)22-10-13-9-14(18)19-16(15(13)17(22)23)21-7-5-20(2)6-8-21/h9,11-12H,3-8,10H2,1-2H3/t11-/m0/s1. The van der Waals surface area contributed by atoms with Gasteiger partial charge in [0.1, 0.15) is 11.0 Å². The van der Waals surface area contributed by atoms with Crippen LogP contribution in [0.1, 0.15) is 35.7 Å². The third-order valence-corrected chi connectivity index (χ3v) is 5.66. The van der Waals surface area contributed by atoms with E-state index in [-0.39, 0.29) is 5.91 Å². The zero-order valence-corrected chi connectivity index (χ0v) is 14.5. The molecule has 1 saturated carbocycles. The molecule has 0 radical (unpaired) electrons. The molecule has 0 N–H and O–H groups in total. The Balaban J connectivity index is 1.66. The first-order chi connectivity index (χ1) is 11.0. The van der Waals surface area contributed by atoms with Crippen LogP contribution in [0.4, 0.5) is 5.82 Å². The van der Waals surface area contributed by atoms with E-state index in [9.17, 15) is 4.79 Å². The summed E-state index contributed by atoms with van der Waals surface area (Å²) in [5.74, 6) is 1.59. The van der Waals surface area contributed by atoms with Crippen molar-refractivity contribution in [2.45, 2.75) is 32.4 Å². The third-order valence-electron chi connectivity index (χ3n) is 5.46. The van der Waals surface area contributed by atoms with Crippen LogP contribution in [0.2, 0.25) is 5.15 Å². The highest BCUT2D eigenvalue weighted by Gasteiger charge is 2.40. The van der Waals surface area contributed by atoms with Gasteiger partial charge >= 0.3 is 0 Å². The summed E-state index contributed by atoms with van der Waals surface area (Å²) in [6.07, 6.45) is 2.48. The van der Waals surface area contributed by atoms with Crippen LogP contribution in [0.15, 0.2) is 6.07 Å². The van der Waals surface area contributed by atoms with Crippen LogP contribution in [0, 0.1) is 5.92 Å². The minimum absolute atomic E-state index is 0.137. The molecule has 3 heterocycles. The van der Waals surface area contributed by atoms with E-state index in [0.29, 0.717) is 23.7 Å². The monoisotopic (exact) mass is 334 g/mol. The van der Waals surface area contributed by atoms with Crippen LogP contribution in [0.25, 0.3) is 0 Å². The highest BCUT2D eigenvalue weighted by Crippen LogP contribution is 2.40. The van der Waals surface area contributed by atoms with Gasteiger partial charge < -0.3 is 14.7 Å². The van der Waals surface area contributed by atoms with Gasteiger partial charge in [-0.15, -0.1) is 0 Å². The minimum atomic E-state index is 0.137. The van der Waals surface area contributed by atoms with Crippen LogP contribution in [0.3, 0.4) is 0 Å². The molecule has 23 heavy (non-hydrogen) atoms. The largest absolute Gasteiger partial charge is 0.353 e. The van der Waals surface area contributed by atoms with Gasteiger partial charge in [-0.1, -0.05) is 11.6 Å². The molecule has 1 atom stereocenters. The second kappa shape index (κ2) is 5.64. The summed E-state index contributed by atoms with van der Waals surface area (Å²) in [4.78, 5) is 24.1. The van der Waals surface area contributed by atoms with Gasteiger partial charge in [0.15, 0.2) is 0 Å². The van der Waals surface area contributed by atoms with Gasteiger partial charge in [-0.2, -0.15) is 0 Å². The molecule has 1 amide bonds. The number of piperazine rings is 1. The Morgan fingerprint density at radius 3 is 2.61 bits per heavy atom. The molecule has 2 aliphatic heterocycles. The number of aromatic nitrogens is 1. The number of likely N-dealkylation sites (N-methyl/N-ethyl adjacent to an activating group) is 1. The first-order valence-electron chi connectivity index (χ1n) is 8.48. The number of hydrogen-bond donors (Lipinski definition) is 0. The van der Waals surface area contributed by atoms with E-state index >= 15 is 0 Å². The van der Waals surface area contributed by atoms with Gasteiger partial charge in [0.2, 0.25) is 0 Å². The van der Waals surface area contributed by atoms with E-state index in [1.165, 1.54) is 12.8 Å². The number of fused-ring (bicyclic) bond motifs is 1. The van der Waals surface area contributed by atoms with Crippen LogP contribution in [-0.2, 0) is 6.54 Å². The summed E-state index contributed by atoms with van der Waals surface area (Å²) in [5.41, 5.74) is 1.82. The van der Waals surface area contributed by atoms with E-state index in [1.54, 1.807) is 0 Å². The summed E-state index contributed by atoms with van der Waals surface area (Å²) in [7, 11) is 2.12. The number of pyridine rings is 1. The van der Waals surface area contributed by atoms with Gasteiger partial charge in [-0.3, -0.25) is 4.79 Å². The first kappa shape index (κ1) is 15.2. The third kappa shape index (κ3) is 2.70. The molecular weight excluding hydrogens is 312 g/mol. The quantitative estimate of drug-likeness (QED) is 0.795. The summed E-state index contributed by atoms with van der Waals surface area (Å²) in [5, 5.41) is 0.492. The number of rotatable bonds is 3. The molecule has 0 spiro atoms. The number of halogens is 1. The topological polar surface area (TPSA) is 39.7 Å². The SMILES string of the molecule is C[C@@H](C1CC1)N1Cc2cc(Cl)nc(N3CCN(C)CC3)c2C1=O. The zero-order chi connectivity index (χ0) is 16.1. The Labute approximate surface area is 142 Å². The minimum Gasteiger partial charge on any atom is -0.353 e. The van der Waals surface area contributed by atoms with E-state index in [0.717, 1.165) is 43.1 Å². The molecular formula is C17H23ClN4O. The lowest BCUT2D eigenvalue weighted by Crippen LogP contribution is -2.45. The Kier molecular flexibility index (Phi) is 3.73. The highest BCUT2D eigenvalue weighted by molar-refractivity contribution is 6.29. The maximum absolute atomic E-state index is 13.0. The van der Waals surface area contributed by atoms with Crippen molar-refractivity contribution in [3.05, 3.63) is 22.3 Å². The average molecular weight is 335 g/mol. The highest BCUT2D eigenvalue weighted by atomic mass is 35.5. The molecule has 1 aliphatic carbocycles. The number of hydrogen-bond acceptors (Lipinski definition) is 4. The second-order valence-electron chi connectivity index (χ2n) is 7.10. The smallest absolute Gasteiger partial charge is 0.258 e. The molecule has 1 aromatic heterocycles. The van der Waals surface area contributed by atoms with Crippen molar-refractivity contribution >= 4 is 23.3 Å². The molecule has 0 bridgehead atoms. The van der Waals surface area contributed by atoms with Crippen molar-refractivity contribution < 1.29 is 4.79 Å². The number of amides is 1. The molecule has 2 fully saturated rings. The van der Waals surface area contributed by atoms with Crippen molar-refractivity contribution in [2.24, 2.45) is 5.92 Å². The fourth-order valence-electron chi connectivity index (χ4n) is 3.71. The van der Waals surface area contributed by atoms with E-state index in [2.05, 4.69) is 28.8 Å². The summed E-state index contributed by atoms with van der Waals surface area (Å²) in [6, 6.07) is 2.18. The second-order valence-corrected chi connectivity index (χ2v) is 7.49. The number of carbonyl (C=O) groups excluding carboxylic acids is 1. The van der Waals surface area contributed by atoms with Gasteiger partial charge in [-0.25, -0.2) is 4.98 Å². The molecule has 4 rings (SSSR count). The van der Waals surface area contributed by atoms with Crippen molar-refractivity contribution in [2.75, 3.05) is 38.1 Å². The summed E-state index contributed by atoms with van der Waals surface area (Å²) in [6.45, 7) is 6.60. The fraction of sp³-hybridized carbons (Fsp3) is 0.647. The Morgan fingerprint density at radius 1 is 1.26 bits per heavy atom. The lowest BCUT2D eigenvalue weighted by Gasteiger charge is -2.34. The van der Waals surface area contributed by atoms with Crippen molar-refractivity contribution in [1.29, 1.82) is 0 Å². The molecule has 3 aliphatic rings. The van der Waals surface area contributed by atoms with Crippen LogP contribution < -0.4 is 4.90 Å². The van der Waals surface area contributed by atoms with Gasteiger partial charge in [0.05, 0.1) is 5.56 Å². The maximum Gasteiger partial charge on any atom is 0.258 e.